The summed E-state index contributed by atoms with van der Waals surface area (Å²) in [5.41, 5.74) is -0.605. The molecule has 0 spiro atoms. The Kier molecular flexibility index (Phi) is 4.37. The first-order valence-corrected chi connectivity index (χ1v) is 7.94. The largest absolute Gasteiger partial charge is 0.370 e. The summed E-state index contributed by atoms with van der Waals surface area (Å²) < 4.78 is 0. The molecular weight excluding hydrogens is 274 g/mol. The van der Waals surface area contributed by atoms with Crippen LogP contribution in [0.5, 0.6) is 0 Å². The molecule has 0 radical (unpaired) electrons. The molecule has 1 aromatic heterocycles. The molecule has 0 unspecified atom stereocenters. The van der Waals surface area contributed by atoms with Gasteiger partial charge in [0.1, 0.15) is 17.2 Å². The Bertz CT molecular complexity index is 506. The zero-order valence-electron chi connectivity index (χ0n) is 12.4. The highest BCUT2D eigenvalue weighted by Gasteiger charge is 2.38. The maximum Gasteiger partial charge on any atom is 0.245 e. The van der Waals surface area contributed by atoms with Crippen molar-refractivity contribution in [2.75, 3.05) is 36.1 Å². The van der Waals surface area contributed by atoms with Gasteiger partial charge >= 0.3 is 0 Å². The number of piperazine rings is 1. The van der Waals surface area contributed by atoms with Crippen LogP contribution in [0.25, 0.3) is 0 Å². The first-order chi connectivity index (χ1) is 9.48. The monoisotopic (exact) mass is 295 g/mol. The van der Waals surface area contributed by atoms with Gasteiger partial charge in [-0.2, -0.15) is 0 Å². The number of hydrogen-bond acceptors (Lipinski definition) is 6. The average Bonchev–Trinajstić information content (AvgIpc) is 2.41. The molecule has 2 rings (SSSR count). The molecule has 1 amide bonds. The molecule has 110 valence electrons. The number of amides is 1. The third kappa shape index (κ3) is 2.82. The molecule has 1 aliphatic rings. The molecule has 2 heterocycles. The van der Waals surface area contributed by atoms with Gasteiger partial charge in [0.05, 0.1) is 0 Å². The van der Waals surface area contributed by atoms with E-state index in [1.165, 1.54) is 11.8 Å². The number of carbonyl (C=O) groups is 1. The molecule has 1 fully saturated rings. The minimum absolute atomic E-state index is 0.0260. The van der Waals surface area contributed by atoms with E-state index in [2.05, 4.69) is 20.6 Å². The number of nitrogens with one attached hydrogen (secondary N) is 2. The SMILES string of the molecule is CCNc1cc(N2CCNC(=O)C2(C)C)nc(SC)n1. The zero-order valence-corrected chi connectivity index (χ0v) is 13.2. The van der Waals surface area contributed by atoms with Crippen LogP contribution in [0.15, 0.2) is 11.2 Å². The van der Waals surface area contributed by atoms with Crippen molar-refractivity contribution in [3.8, 4) is 0 Å². The molecule has 7 heteroatoms. The average molecular weight is 295 g/mol. The van der Waals surface area contributed by atoms with Crippen LogP contribution >= 0.6 is 11.8 Å². The molecular formula is C13H21N5OS. The molecule has 6 nitrogen and oxygen atoms in total. The van der Waals surface area contributed by atoms with E-state index in [0.717, 1.165) is 24.7 Å². The predicted molar refractivity (Wildman–Crippen MR) is 82.4 cm³/mol. The van der Waals surface area contributed by atoms with Crippen molar-refractivity contribution >= 4 is 29.3 Å². The van der Waals surface area contributed by atoms with Crippen LogP contribution in [0.3, 0.4) is 0 Å². The highest BCUT2D eigenvalue weighted by atomic mass is 32.2. The molecule has 1 aliphatic heterocycles. The minimum atomic E-state index is -0.605. The quantitative estimate of drug-likeness (QED) is 0.645. The highest BCUT2D eigenvalue weighted by molar-refractivity contribution is 7.98. The Morgan fingerprint density at radius 1 is 1.50 bits per heavy atom. The molecule has 20 heavy (non-hydrogen) atoms. The summed E-state index contributed by atoms with van der Waals surface area (Å²) in [4.78, 5) is 23.0. The van der Waals surface area contributed by atoms with E-state index < -0.39 is 5.54 Å². The van der Waals surface area contributed by atoms with Crippen molar-refractivity contribution in [3.63, 3.8) is 0 Å². The first-order valence-electron chi connectivity index (χ1n) is 6.72. The summed E-state index contributed by atoms with van der Waals surface area (Å²) in [6.45, 7) is 8.03. The van der Waals surface area contributed by atoms with E-state index in [1.54, 1.807) is 0 Å². The summed E-state index contributed by atoms with van der Waals surface area (Å²) in [7, 11) is 0. The van der Waals surface area contributed by atoms with Crippen LogP contribution in [-0.2, 0) is 4.79 Å². The number of carbonyl (C=O) groups excluding carboxylic acids is 1. The second-order valence-corrected chi connectivity index (χ2v) is 5.87. The Morgan fingerprint density at radius 2 is 2.25 bits per heavy atom. The molecule has 0 aliphatic carbocycles. The van der Waals surface area contributed by atoms with E-state index in [0.29, 0.717) is 11.7 Å². The summed E-state index contributed by atoms with van der Waals surface area (Å²) in [6, 6.07) is 1.91. The van der Waals surface area contributed by atoms with Gasteiger partial charge in [0.2, 0.25) is 5.91 Å². The van der Waals surface area contributed by atoms with Gasteiger partial charge in [-0.15, -0.1) is 0 Å². The van der Waals surface area contributed by atoms with Crippen molar-refractivity contribution in [3.05, 3.63) is 6.07 Å². The molecule has 1 saturated heterocycles. The van der Waals surface area contributed by atoms with Crippen molar-refractivity contribution in [1.29, 1.82) is 0 Å². The number of hydrogen-bond donors (Lipinski definition) is 2. The predicted octanol–water partition coefficient (Wildman–Crippen LogP) is 1.35. The number of aromatic nitrogens is 2. The van der Waals surface area contributed by atoms with Crippen molar-refractivity contribution in [2.45, 2.75) is 31.5 Å². The zero-order chi connectivity index (χ0) is 14.8. The van der Waals surface area contributed by atoms with Crippen LogP contribution < -0.4 is 15.5 Å². The molecule has 1 aromatic rings. The Hall–Kier alpha value is -1.50. The number of thioether (sulfide) groups is 1. The van der Waals surface area contributed by atoms with Gasteiger partial charge < -0.3 is 15.5 Å². The van der Waals surface area contributed by atoms with Crippen LogP contribution in [-0.4, -0.2) is 47.3 Å². The third-order valence-corrected chi connectivity index (χ3v) is 3.91. The van der Waals surface area contributed by atoms with Crippen molar-refractivity contribution < 1.29 is 4.79 Å². The fraction of sp³-hybridized carbons (Fsp3) is 0.615. The lowest BCUT2D eigenvalue weighted by molar-refractivity contribution is -0.126. The lowest BCUT2D eigenvalue weighted by atomic mass is 9.99. The summed E-state index contributed by atoms with van der Waals surface area (Å²) in [5, 5.41) is 6.81. The summed E-state index contributed by atoms with van der Waals surface area (Å²) in [5.74, 6) is 1.61. The van der Waals surface area contributed by atoms with E-state index in [9.17, 15) is 4.79 Å². The Morgan fingerprint density at radius 3 is 2.90 bits per heavy atom. The lowest BCUT2D eigenvalue weighted by Gasteiger charge is -2.42. The third-order valence-electron chi connectivity index (χ3n) is 3.36. The second kappa shape index (κ2) is 5.87. The molecule has 0 aromatic carbocycles. The van der Waals surface area contributed by atoms with Crippen molar-refractivity contribution in [1.82, 2.24) is 15.3 Å². The number of rotatable bonds is 4. The highest BCUT2D eigenvalue weighted by Crippen LogP contribution is 2.27. The minimum Gasteiger partial charge on any atom is -0.370 e. The first kappa shape index (κ1) is 14.9. The van der Waals surface area contributed by atoms with Gasteiger partial charge in [-0.05, 0) is 27.0 Å². The number of anilines is 2. The van der Waals surface area contributed by atoms with E-state index in [-0.39, 0.29) is 5.91 Å². The van der Waals surface area contributed by atoms with Gasteiger partial charge in [0, 0.05) is 25.7 Å². The number of nitrogens with zero attached hydrogens (tertiary/aromatic N) is 3. The van der Waals surface area contributed by atoms with E-state index in [4.69, 9.17) is 0 Å². The maximum atomic E-state index is 12.0. The fourth-order valence-electron chi connectivity index (χ4n) is 2.21. The van der Waals surface area contributed by atoms with Gasteiger partial charge in [-0.25, -0.2) is 9.97 Å². The lowest BCUT2D eigenvalue weighted by Crippen LogP contribution is -2.62. The summed E-state index contributed by atoms with van der Waals surface area (Å²) >= 11 is 1.50. The van der Waals surface area contributed by atoms with Gasteiger partial charge in [-0.1, -0.05) is 11.8 Å². The standard InChI is InChI=1S/C13H21N5OS/c1-5-14-9-8-10(17-12(16-9)20-4)18-7-6-15-11(19)13(18,2)3/h8H,5-7H2,1-4H3,(H,15,19)(H,14,16,17). The maximum absolute atomic E-state index is 12.0. The van der Waals surface area contributed by atoms with Crippen LogP contribution in [0.2, 0.25) is 0 Å². The van der Waals surface area contributed by atoms with Crippen molar-refractivity contribution in [2.24, 2.45) is 0 Å². The van der Waals surface area contributed by atoms with Gasteiger partial charge in [0.25, 0.3) is 0 Å². The van der Waals surface area contributed by atoms with Crippen LogP contribution in [0, 0.1) is 0 Å². The smallest absolute Gasteiger partial charge is 0.245 e. The summed E-state index contributed by atoms with van der Waals surface area (Å²) in [6.07, 6.45) is 1.95. The Labute approximate surface area is 123 Å². The normalized spacial score (nSPS) is 17.8. The van der Waals surface area contributed by atoms with E-state index in [1.807, 2.05) is 38.0 Å². The van der Waals surface area contributed by atoms with Gasteiger partial charge in [0.15, 0.2) is 5.16 Å². The van der Waals surface area contributed by atoms with Crippen LogP contribution in [0.1, 0.15) is 20.8 Å². The Balaban J connectivity index is 2.40. The molecule has 0 saturated carbocycles. The fourth-order valence-corrected chi connectivity index (χ4v) is 2.59. The van der Waals surface area contributed by atoms with E-state index >= 15 is 0 Å². The molecule has 2 N–H and O–H groups in total. The van der Waals surface area contributed by atoms with Gasteiger partial charge in [-0.3, -0.25) is 4.79 Å². The van der Waals surface area contributed by atoms with Crippen LogP contribution in [0.4, 0.5) is 11.6 Å². The topological polar surface area (TPSA) is 70.2 Å². The molecule has 0 atom stereocenters. The second-order valence-electron chi connectivity index (χ2n) is 5.09. The molecule has 0 bridgehead atoms.